The van der Waals surface area contributed by atoms with Gasteiger partial charge in [0.2, 0.25) is 5.91 Å². The summed E-state index contributed by atoms with van der Waals surface area (Å²) in [6.07, 6.45) is 3.84. The van der Waals surface area contributed by atoms with Gasteiger partial charge >= 0.3 is 0 Å². The van der Waals surface area contributed by atoms with Crippen molar-refractivity contribution in [2.45, 2.75) is 71.1 Å². The van der Waals surface area contributed by atoms with E-state index in [4.69, 9.17) is 15.5 Å². The van der Waals surface area contributed by atoms with Gasteiger partial charge in [-0.15, -0.1) is 0 Å². The van der Waals surface area contributed by atoms with Gasteiger partial charge in [-0.2, -0.15) is 0 Å². The summed E-state index contributed by atoms with van der Waals surface area (Å²) in [6.45, 7) is 8.04. The van der Waals surface area contributed by atoms with Crippen molar-refractivity contribution in [2.75, 3.05) is 5.75 Å². The van der Waals surface area contributed by atoms with Gasteiger partial charge in [0, 0.05) is 28.7 Å². The Kier molecular flexibility index (Phi) is 4.89. The van der Waals surface area contributed by atoms with Gasteiger partial charge in [-0.25, -0.2) is 4.99 Å². The van der Waals surface area contributed by atoms with E-state index in [0.29, 0.717) is 5.17 Å². The molecule has 28 heavy (non-hydrogen) atoms. The van der Waals surface area contributed by atoms with E-state index in [1.165, 1.54) is 11.1 Å². The summed E-state index contributed by atoms with van der Waals surface area (Å²) in [5.74, 6) is 2.14. The lowest BCUT2D eigenvalue weighted by Gasteiger charge is -2.49. The molecule has 4 rings (SSSR count). The SMILES string of the molecule is CCc1ccc2c(c1)C1(CSC(N)=N1)[C@H]1C[C@@H](NC(=O)C(C)(C)C)CC[C@@H]1O2. The molecule has 4 atom stereocenters. The highest BCUT2D eigenvalue weighted by molar-refractivity contribution is 8.14. The Morgan fingerprint density at radius 3 is 2.82 bits per heavy atom. The van der Waals surface area contributed by atoms with E-state index < -0.39 is 0 Å². The summed E-state index contributed by atoms with van der Waals surface area (Å²) in [5, 5.41) is 3.94. The Morgan fingerprint density at radius 1 is 1.39 bits per heavy atom. The molecule has 1 spiro atoms. The summed E-state index contributed by atoms with van der Waals surface area (Å²) in [7, 11) is 0. The quantitative estimate of drug-likeness (QED) is 0.794. The molecule has 1 unspecified atom stereocenters. The van der Waals surface area contributed by atoms with Crippen LogP contribution < -0.4 is 15.8 Å². The Bertz CT molecular complexity index is 816. The zero-order valence-electron chi connectivity index (χ0n) is 17.2. The molecule has 2 aliphatic heterocycles. The number of nitrogens with zero attached hydrogens (tertiary/aromatic N) is 1. The third-order valence-electron chi connectivity index (χ3n) is 6.36. The number of nitrogens with one attached hydrogen (secondary N) is 1. The summed E-state index contributed by atoms with van der Waals surface area (Å²) < 4.78 is 6.45. The van der Waals surface area contributed by atoms with E-state index in [9.17, 15) is 4.79 Å². The van der Waals surface area contributed by atoms with Gasteiger partial charge in [-0.05, 0) is 43.4 Å². The first-order valence-corrected chi connectivity index (χ1v) is 11.3. The standard InChI is InChI=1S/C22H31N3O2S/c1-5-13-6-8-17-15(10-13)22(12-28-20(23)25-22)16-11-14(7-9-18(16)27-17)24-19(26)21(2,3)4/h6,8,10,14,16,18H,5,7,9,11-12H2,1-4H3,(H2,23,25)(H,24,26)/t14-,16-,18-,22?/m0/s1. The normalized spacial score (nSPS) is 31.6. The zero-order chi connectivity index (χ0) is 20.1. The minimum absolute atomic E-state index is 0.110. The lowest BCUT2D eigenvalue weighted by molar-refractivity contribution is -0.130. The monoisotopic (exact) mass is 401 g/mol. The molecule has 1 amide bonds. The molecule has 6 heteroatoms. The lowest BCUT2D eigenvalue weighted by atomic mass is 9.67. The summed E-state index contributed by atoms with van der Waals surface area (Å²) in [6, 6.07) is 6.67. The highest BCUT2D eigenvalue weighted by atomic mass is 32.2. The van der Waals surface area contributed by atoms with Crippen LogP contribution in [0, 0.1) is 11.3 Å². The van der Waals surface area contributed by atoms with Crippen LogP contribution in [-0.2, 0) is 16.8 Å². The maximum absolute atomic E-state index is 12.5. The van der Waals surface area contributed by atoms with Gasteiger partial charge in [-0.3, -0.25) is 4.79 Å². The first-order chi connectivity index (χ1) is 13.2. The topological polar surface area (TPSA) is 76.7 Å². The van der Waals surface area contributed by atoms with Gasteiger partial charge in [-0.1, -0.05) is 45.5 Å². The number of benzene rings is 1. The fourth-order valence-electron chi connectivity index (χ4n) is 4.69. The average molecular weight is 402 g/mol. The van der Waals surface area contributed by atoms with Crippen LogP contribution in [0.5, 0.6) is 5.75 Å². The number of carbonyl (C=O) groups excluding carboxylic acids is 1. The molecule has 1 saturated carbocycles. The first-order valence-electron chi connectivity index (χ1n) is 10.3. The second kappa shape index (κ2) is 6.97. The molecule has 2 heterocycles. The molecule has 1 aromatic carbocycles. The van der Waals surface area contributed by atoms with Crippen LogP contribution in [0.15, 0.2) is 23.2 Å². The van der Waals surface area contributed by atoms with Crippen LogP contribution in [0.3, 0.4) is 0 Å². The van der Waals surface area contributed by atoms with E-state index in [2.05, 4.69) is 30.4 Å². The van der Waals surface area contributed by atoms with Crippen molar-refractivity contribution >= 4 is 22.8 Å². The number of hydrogen-bond acceptors (Lipinski definition) is 5. The maximum atomic E-state index is 12.5. The highest BCUT2D eigenvalue weighted by Gasteiger charge is 2.54. The van der Waals surface area contributed by atoms with Gasteiger partial charge in [0.05, 0.1) is 0 Å². The number of ether oxygens (including phenoxy) is 1. The molecule has 152 valence electrons. The van der Waals surface area contributed by atoms with Crippen LogP contribution in [0.1, 0.15) is 58.1 Å². The van der Waals surface area contributed by atoms with E-state index in [-0.39, 0.29) is 34.9 Å². The minimum Gasteiger partial charge on any atom is -0.490 e. The fraction of sp³-hybridized carbons (Fsp3) is 0.636. The molecular weight excluding hydrogens is 370 g/mol. The van der Waals surface area contributed by atoms with E-state index in [1.54, 1.807) is 11.8 Å². The largest absolute Gasteiger partial charge is 0.490 e. The van der Waals surface area contributed by atoms with Gasteiger partial charge < -0.3 is 15.8 Å². The number of carbonyl (C=O) groups is 1. The lowest BCUT2D eigenvalue weighted by Crippen LogP contribution is -2.55. The van der Waals surface area contributed by atoms with Crippen LogP contribution >= 0.6 is 11.8 Å². The third-order valence-corrected chi connectivity index (χ3v) is 7.33. The van der Waals surface area contributed by atoms with Crippen molar-refractivity contribution in [3.05, 3.63) is 29.3 Å². The van der Waals surface area contributed by atoms with Crippen LogP contribution in [-0.4, -0.2) is 29.0 Å². The number of aliphatic imine (C=N–C) groups is 1. The third kappa shape index (κ3) is 3.30. The summed E-state index contributed by atoms with van der Waals surface area (Å²) in [4.78, 5) is 17.6. The van der Waals surface area contributed by atoms with Crippen molar-refractivity contribution in [1.29, 1.82) is 0 Å². The molecule has 0 saturated heterocycles. The molecular formula is C22H31N3O2S. The number of amidine groups is 1. The van der Waals surface area contributed by atoms with E-state index >= 15 is 0 Å². The fourth-order valence-corrected chi connectivity index (χ4v) is 5.72. The summed E-state index contributed by atoms with van der Waals surface area (Å²) in [5.41, 5.74) is 7.90. The van der Waals surface area contributed by atoms with Crippen molar-refractivity contribution in [3.63, 3.8) is 0 Å². The molecule has 1 aromatic rings. The van der Waals surface area contributed by atoms with E-state index in [1.807, 2.05) is 20.8 Å². The number of nitrogens with two attached hydrogens (primary N) is 1. The highest BCUT2D eigenvalue weighted by Crippen LogP contribution is 2.54. The molecule has 0 bridgehead atoms. The number of aryl methyl sites for hydroxylation is 1. The number of rotatable bonds is 2. The van der Waals surface area contributed by atoms with Crippen LogP contribution in [0.4, 0.5) is 0 Å². The molecule has 3 aliphatic rings. The maximum Gasteiger partial charge on any atom is 0.225 e. The predicted octanol–water partition coefficient (Wildman–Crippen LogP) is 3.60. The minimum atomic E-state index is -0.383. The summed E-state index contributed by atoms with van der Waals surface area (Å²) >= 11 is 1.64. The molecule has 5 nitrogen and oxygen atoms in total. The van der Waals surface area contributed by atoms with Gasteiger partial charge in [0.25, 0.3) is 0 Å². The Balaban J connectivity index is 1.68. The number of amides is 1. The number of hydrogen-bond donors (Lipinski definition) is 2. The second-order valence-corrected chi connectivity index (χ2v) is 10.3. The predicted molar refractivity (Wildman–Crippen MR) is 115 cm³/mol. The molecule has 0 radical (unpaired) electrons. The Morgan fingerprint density at radius 2 is 2.18 bits per heavy atom. The first kappa shape index (κ1) is 19.6. The van der Waals surface area contributed by atoms with Crippen molar-refractivity contribution in [2.24, 2.45) is 22.1 Å². The Labute approximate surface area is 171 Å². The molecule has 1 aliphatic carbocycles. The number of fused-ring (bicyclic) bond motifs is 4. The smallest absolute Gasteiger partial charge is 0.225 e. The average Bonchev–Trinajstić information content (AvgIpc) is 3.04. The van der Waals surface area contributed by atoms with Crippen LogP contribution in [0.2, 0.25) is 0 Å². The van der Waals surface area contributed by atoms with Gasteiger partial charge in [0.1, 0.15) is 17.4 Å². The van der Waals surface area contributed by atoms with Crippen molar-refractivity contribution in [1.82, 2.24) is 5.32 Å². The van der Waals surface area contributed by atoms with Gasteiger partial charge in [0.15, 0.2) is 5.17 Å². The number of thioether (sulfide) groups is 1. The molecule has 0 aromatic heterocycles. The van der Waals surface area contributed by atoms with E-state index in [0.717, 1.165) is 37.2 Å². The van der Waals surface area contributed by atoms with Crippen LogP contribution in [0.25, 0.3) is 0 Å². The Hall–Kier alpha value is -1.69. The van der Waals surface area contributed by atoms with Crippen molar-refractivity contribution in [3.8, 4) is 5.75 Å². The molecule has 1 fully saturated rings. The zero-order valence-corrected chi connectivity index (χ0v) is 18.1. The second-order valence-electron chi connectivity index (χ2n) is 9.34. The molecule has 3 N–H and O–H groups in total. The van der Waals surface area contributed by atoms with Crippen molar-refractivity contribution < 1.29 is 9.53 Å².